The van der Waals surface area contributed by atoms with E-state index < -0.39 is 25.0 Å². The third-order valence-electron chi connectivity index (χ3n) is 13.3. The van der Waals surface area contributed by atoms with E-state index >= 15 is 0 Å². The van der Waals surface area contributed by atoms with Crippen LogP contribution in [-0.4, -0.2) is 104 Å². The van der Waals surface area contributed by atoms with E-state index in [1.54, 1.807) is 6.07 Å². The number of ether oxygens (including phenoxy) is 1. The Morgan fingerprint density at radius 1 is 0.852 bits per heavy atom. The average Bonchev–Trinajstić information content (AvgIpc) is 3.53. The van der Waals surface area contributed by atoms with Gasteiger partial charge in [0.25, 0.3) is 5.69 Å². The minimum absolute atomic E-state index is 0.0164. The molecule has 2 fully saturated rings. The molecule has 0 unspecified atom stereocenters. The monoisotopic (exact) mass is 809 g/mol. The lowest BCUT2D eigenvalue weighted by atomic mass is 9.88. The third kappa shape index (κ3) is 12.7. The van der Waals surface area contributed by atoms with Gasteiger partial charge in [-0.1, -0.05) is 88.1 Å². The van der Waals surface area contributed by atoms with E-state index in [9.17, 15) is 10.1 Å². The minimum Gasteiger partial charge on any atom is -0.415 e. The fraction of sp³-hybridized carbons (Fsp3) is 0.854. The lowest BCUT2D eigenvalue weighted by molar-refractivity contribution is -0.384. The molecule has 0 bridgehead atoms. The van der Waals surface area contributed by atoms with Crippen molar-refractivity contribution in [1.82, 2.24) is 9.80 Å². The molecule has 0 spiro atoms. The molecule has 1 N–H and O–H groups in total. The highest BCUT2D eigenvalue weighted by Gasteiger charge is 2.52. The summed E-state index contributed by atoms with van der Waals surface area (Å²) >= 11 is 0. The van der Waals surface area contributed by atoms with Gasteiger partial charge in [-0.3, -0.25) is 19.9 Å². The summed E-state index contributed by atoms with van der Waals surface area (Å²) < 4.78 is 27.4. The van der Waals surface area contributed by atoms with E-state index in [1.165, 1.54) is 0 Å². The summed E-state index contributed by atoms with van der Waals surface area (Å²) in [4.78, 5) is 16.5. The number of anilines is 1. The largest absolute Gasteiger partial charge is 0.415 e. The van der Waals surface area contributed by atoms with E-state index in [1.807, 2.05) is 12.1 Å². The molecule has 2 heterocycles. The van der Waals surface area contributed by atoms with Gasteiger partial charge < -0.3 is 23.3 Å². The predicted molar refractivity (Wildman–Crippen MR) is 233 cm³/mol. The van der Waals surface area contributed by atoms with Crippen molar-refractivity contribution in [3.8, 4) is 0 Å². The van der Waals surface area contributed by atoms with Crippen molar-refractivity contribution in [3.05, 3.63) is 33.9 Å². The minimum atomic E-state index is -2.16. The first-order valence-electron chi connectivity index (χ1n) is 20.7. The van der Waals surface area contributed by atoms with Crippen LogP contribution in [0.5, 0.6) is 0 Å². The predicted octanol–water partition coefficient (Wildman–Crippen LogP) is 10.5. The van der Waals surface area contributed by atoms with Gasteiger partial charge in [-0.05, 0) is 91.3 Å². The maximum Gasteiger partial charge on any atom is 0.292 e. The topological polar surface area (TPSA) is 98.6 Å². The number of unbranched alkanes of at least 4 members (excludes halogenated alkanes) is 3. The molecule has 0 aromatic heterocycles. The number of benzene rings is 1. The Morgan fingerprint density at radius 3 is 1.96 bits per heavy atom. The van der Waals surface area contributed by atoms with Gasteiger partial charge in [0.15, 0.2) is 25.0 Å². The zero-order valence-corrected chi connectivity index (χ0v) is 40.3. The number of nitro benzene ring substituents is 1. The van der Waals surface area contributed by atoms with Crippen LogP contribution in [0.15, 0.2) is 18.2 Å². The van der Waals surface area contributed by atoms with E-state index in [-0.39, 0.29) is 44.0 Å². The van der Waals surface area contributed by atoms with Crippen LogP contribution >= 0.6 is 0 Å². The molecule has 2 saturated heterocycles. The molecule has 4 atom stereocenters. The number of nitrogens with zero attached hydrogens (tertiary/aromatic N) is 3. The summed E-state index contributed by atoms with van der Waals surface area (Å²) in [5, 5.41) is 15.6. The van der Waals surface area contributed by atoms with Crippen LogP contribution in [0.3, 0.4) is 0 Å². The summed E-state index contributed by atoms with van der Waals surface area (Å²) in [6, 6.07) is 5.67. The van der Waals surface area contributed by atoms with Gasteiger partial charge in [0, 0.05) is 32.2 Å². The molecule has 13 heteroatoms. The summed E-state index contributed by atoms with van der Waals surface area (Å²) in [6.07, 6.45) is 4.14. The van der Waals surface area contributed by atoms with Crippen LogP contribution in [0, 0.1) is 16.0 Å². The van der Waals surface area contributed by atoms with Gasteiger partial charge in [-0.2, -0.15) is 0 Å². The van der Waals surface area contributed by atoms with E-state index in [2.05, 4.69) is 124 Å². The molecule has 1 aromatic carbocycles. The van der Waals surface area contributed by atoms with Crippen LogP contribution in [0.4, 0.5) is 11.4 Å². The zero-order valence-electron chi connectivity index (χ0n) is 37.3. The SMILES string of the molecule is C[C@H]1CN(CCCCCCNc2ccc(CN3CCOC3)cc2[N+](=O)[O-])[C@H](CO[Si](C)(C)C(C)(C)C)[C@@H](O[Si](C)(C)C(C)(C)C)[C@@H]1O[Si](C)(C)C(C)(C)C. The van der Waals surface area contributed by atoms with Crippen molar-refractivity contribution in [2.24, 2.45) is 5.92 Å². The van der Waals surface area contributed by atoms with Crippen LogP contribution in [0.2, 0.25) is 54.4 Å². The smallest absolute Gasteiger partial charge is 0.292 e. The van der Waals surface area contributed by atoms with Crippen molar-refractivity contribution in [2.75, 3.05) is 51.4 Å². The second-order valence-corrected chi connectivity index (χ2v) is 35.2. The lowest BCUT2D eigenvalue weighted by Crippen LogP contribution is -2.66. The van der Waals surface area contributed by atoms with Crippen molar-refractivity contribution in [2.45, 2.75) is 174 Å². The summed E-state index contributed by atoms with van der Waals surface area (Å²) in [7, 11) is -6.28. The number of piperidine rings is 1. The maximum atomic E-state index is 11.9. The molecule has 1 aromatic rings. The molecule has 3 rings (SSSR count). The quantitative estimate of drug-likeness (QED) is 0.0673. The molecule has 2 aliphatic heterocycles. The molecule has 0 saturated carbocycles. The van der Waals surface area contributed by atoms with Gasteiger partial charge in [-0.25, -0.2) is 0 Å². The lowest BCUT2D eigenvalue weighted by Gasteiger charge is -2.54. The highest BCUT2D eigenvalue weighted by molar-refractivity contribution is 6.75. The number of nitrogens with one attached hydrogen (secondary N) is 1. The Morgan fingerprint density at radius 2 is 1.43 bits per heavy atom. The first-order chi connectivity index (χ1) is 24.7. The summed E-state index contributed by atoms with van der Waals surface area (Å²) in [5.74, 6) is 0.327. The standard InChI is InChI=1S/C41H80N4O6Si3/c1-32-28-44(24-20-18-17-19-23-42-34-22-21-33(27-35(34)45(46)47)29-43-25-26-48-31-43)36(30-49-52(11,12)39(2,3)4)38(51-54(15,16)41(8,9)10)37(32)50-53(13,14)40(5,6)7/h21-22,27,32,36-38,42H,17-20,23-26,28-31H2,1-16H3/t32-,36+,37+,38+/m0/s1. The summed E-state index contributed by atoms with van der Waals surface area (Å²) in [5.41, 5.74) is 1.67. The second-order valence-electron chi connectivity index (χ2n) is 20.8. The molecular weight excluding hydrogens is 729 g/mol. The van der Waals surface area contributed by atoms with Gasteiger partial charge in [-0.15, -0.1) is 0 Å². The Kier molecular flexibility index (Phi) is 16.3. The third-order valence-corrected chi connectivity index (χ3v) is 26.8. The maximum absolute atomic E-state index is 11.9. The van der Waals surface area contributed by atoms with E-state index in [0.29, 0.717) is 44.6 Å². The van der Waals surface area contributed by atoms with Gasteiger partial charge >= 0.3 is 0 Å². The molecular formula is C41H80N4O6Si3. The first-order valence-corrected chi connectivity index (χ1v) is 29.4. The van der Waals surface area contributed by atoms with Gasteiger partial charge in [0.05, 0.1) is 43.1 Å². The Labute approximate surface area is 333 Å². The Balaban J connectivity index is 1.73. The van der Waals surface area contributed by atoms with Crippen LogP contribution in [-0.2, 0) is 24.6 Å². The van der Waals surface area contributed by atoms with Crippen molar-refractivity contribution in [1.29, 1.82) is 0 Å². The fourth-order valence-electron chi connectivity index (χ4n) is 6.52. The molecule has 0 amide bonds. The fourth-order valence-corrected chi connectivity index (χ4v) is 10.3. The molecule has 0 aliphatic carbocycles. The van der Waals surface area contributed by atoms with Gasteiger partial charge in [0.1, 0.15) is 5.69 Å². The molecule has 10 nitrogen and oxygen atoms in total. The van der Waals surface area contributed by atoms with Crippen LogP contribution < -0.4 is 5.32 Å². The molecule has 2 aliphatic rings. The van der Waals surface area contributed by atoms with Crippen molar-refractivity contribution >= 4 is 36.3 Å². The first kappa shape index (κ1) is 47.2. The molecule has 54 heavy (non-hydrogen) atoms. The number of hydrogen-bond acceptors (Lipinski definition) is 9. The van der Waals surface area contributed by atoms with E-state index in [4.69, 9.17) is 18.0 Å². The zero-order chi connectivity index (χ0) is 40.9. The number of likely N-dealkylation sites (tertiary alicyclic amines) is 1. The van der Waals surface area contributed by atoms with Crippen LogP contribution in [0.1, 0.15) is 100 Å². The Bertz CT molecular complexity index is 1350. The molecule has 0 radical (unpaired) electrons. The average molecular weight is 809 g/mol. The highest BCUT2D eigenvalue weighted by Crippen LogP contribution is 2.44. The highest BCUT2D eigenvalue weighted by atomic mass is 28.4. The van der Waals surface area contributed by atoms with Crippen LogP contribution in [0.25, 0.3) is 0 Å². The normalized spacial score (nSPS) is 22.9. The van der Waals surface area contributed by atoms with Crippen molar-refractivity contribution in [3.63, 3.8) is 0 Å². The van der Waals surface area contributed by atoms with E-state index in [0.717, 1.165) is 50.9 Å². The Hall–Kier alpha value is -1.17. The van der Waals surface area contributed by atoms with Gasteiger partial charge in [0.2, 0.25) is 0 Å². The second kappa shape index (κ2) is 18.6. The van der Waals surface area contributed by atoms with Crippen molar-refractivity contribution < 1.29 is 22.9 Å². The number of rotatable bonds is 18. The number of hydrogen-bond donors (Lipinski definition) is 1. The molecule has 312 valence electrons. The number of nitro groups is 1. The summed E-state index contributed by atoms with van der Waals surface area (Å²) in [6.45, 7) is 43.7.